The molecule has 4 aromatic carbocycles. The fraction of sp³-hybridized carbons (Fsp3) is 0.537. The first-order valence-corrected chi connectivity index (χ1v) is 23.3. The Kier molecular flexibility index (Phi) is 15.9. The molecule has 0 bridgehead atoms. The molecule has 1 aliphatic rings. The highest BCUT2D eigenvalue weighted by atomic mass is 16.5. The molecule has 1 fully saturated rings. The summed E-state index contributed by atoms with van der Waals surface area (Å²) in [4.78, 5) is 8.03. The Hall–Kier alpha value is -3.81. The number of nitrogens with one attached hydrogen (secondary N) is 2. The smallest absolute Gasteiger partial charge is 0.0952 e. The van der Waals surface area contributed by atoms with Gasteiger partial charge < -0.3 is 21.1 Å². The summed E-state index contributed by atoms with van der Waals surface area (Å²) in [5, 5.41) is 11.0. The molecule has 5 aromatic rings. The molecule has 3 unspecified atom stereocenters. The summed E-state index contributed by atoms with van der Waals surface area (Å²) in [6.07, 6.45) is 5.87. The number of benzene rings is 4. The van der Waals surface area contributed by atoms with Gasteiger partial charge in [-0.3, -0.25) is 4.90 Å². The lowest BCUT2D eigenvalue weighted by molar-refractivity contribution is -0.0306. The van der Waals surface area contributed by atoms with E-state index in [1.165, 1.54) is 68.8 Å². The van der Waals surface area contributed by atoms with Crippen LogP contribution in [0.3, 0.4) is 0 Å². The molecule has 6 nitrogen and oxygen atoms in total. The van der Waals surface area contributed by atoms with Crippen molar-refractivity contribution in [3.63, 3.8) is 0 Å². The molecule has 0 aliphatic carbocycles. The lowest BCUT2D eigenvalue weighted by atomic mass is 9.70. The van der Waals surface area contributed by atoms with Gasteiger partial charge in [-0.25, -0.2) is 4.98 Å². The van der Waals surface area contributed by atoms with Crippen LogP contribution in [0, 0.1) is 17.8 Å². The Morgan fingerprint density at radius 3 is 2.40 bits per heavy atom. The number of anilines is 1. The van der Waals surface area contributed by atoms with E-state index in [0.29, 0.717) is 23.8 Å². The molecule has 1 saturated heterocycles. The van der Waals surface area contributed by atoms with Gasteiger partial charge in [-0.15, -0.1) is 0 Å². The van der Waals surface area contributed by atoms with Crippen molar-refractivity contribution in [2.45, 2.75) is 131 Å². The van der Waals surface area contributed by atoms with Crippen LogP contribution in [-0.4, -0.2) is 55.3 Å². The summed E-state index contributed by atoms with van der Waals surface area (Å²) < 4.78 is 6.33. The number of rotatable bonds is 20. The normalized spacial score (nSPS) is 16.8. The number of nitrogen functional groups attached to an aromatic ring is 1. The Balaban J connectivity index is 1.20. The third-order valence-corrected chi connectivity index (χ3v) is 13.4. The molecule has 6 heteroatoms. The SMILES string of the molecule is CC(C)CCNCc1cccc(C2CN(CCCC(C)Cc3cc4c(cc3C(C)C)c(-c3cccc(C(C)(CCNC(C)C)C(C)C)c3)nc3cc(N)ccc34)CCO2)c1. The van der Waals surface area contributed by atoms with Crippen molar-refractivity contribution in [3.05, 3.63) is 107 Å². The van der Waals surface area contributed by atoms with Crippen LogP contribution in [0.5, 0.6) is 0 Å². The molecule has 324 valence electrons. The summed E-state index contributed by atoms with van der Waals surface area (Å²) in [7, 11) is 0. The number of nitrogens with zero attached hydrogens (tertiary/aromatic N) is 2. The topological polar surface area (TPSA) is 75.4 Å². The lowest BCUT2D eigenvalue weighted by Gasteiger charge is -2.35. The van der Waals surface area contributed by atoms with Crippen LogP contribution in [0.15, 0.2) is 78.9 Å². The molecule has 1 aromatic heterocycles. The van der Waals surface area contributed by atoms with Crippen LogP contribution in [0.2, 0.25) is 0 Å². The summed E-state index contributed by atoms with van der Waals surface area (Å²) >= 11 is 0. The largest absolute Gasteiger partial charge is 0.399 e. The van der Waals surface area contributed by atoms with Gasteiger partial charge in [0.1, 0.15) is 0 Å². The van der Waals surface area contributed by atoms with E-state index in [0.717, 1.165) is 81.5 Å². The fourth-order valence-corrected chi connectivity index (χ4v) is 9.25. The Bertz CT molecular complexity index is 2160. The zero-order valence-corrected chi connectivity index (χ0v) is 38.8. The van der Waals surface area contributed by atoms with Crippen molar-refractivity contribution in [2.24, 2.45) is 17.8 Å². The zero-order valence-electron chi connectivity index (χ0n) is 38.8. The average molecular weight is 812 g/mol. The van der Waals surface area contributed by atoms with Crippen molar-refractivity contribution in [2.75, 3.05) is 45.1 Å². The number of morpholine rings is 1. The van der Waals surface area contributed by atoms with Gasteiger partial charge in [-0.1, -0.05) is 124 Å². The number of hydrogen-bond donors (Lipinski definition) is 3. The maximum absolute atomic E-state index is 6.41. The minimum absolute atomic E-state index is 0.0289. The summed E-state index contributed by atoms with van der Waals surface area (Å²) in [6.45, 7) is 30.1. The number of hydrogen-bond acceptors (Lipinski definition) is 6. The van der Waals surface area contributed by atoms with E-state index in [9.17, 15) is 0 Å². The Morgan fingerprint density at radius 1 is 0.850 bits per heavy atom. The molecule has 0 amide bonds. The minimum Gasteiger partial charge on any atom is -0.399 e. The molecular weight excluding hydrogens is 735 g/mol. The molecule has 60 heavy (non-hydrogen) atoms. The first-order valence-electron chi connectivity index (χ1n) is 23.3. The lowest BCUT2D eigenvalue weighted by Crippen LogP contribution is -2.39. The number of aromatic nitrogens is 1. The van der Waals surface area contributed by atoms with Gasteiger partial charge in [0, 0.05) is 47.7 Å². The zero-order chi connectivity index (χ0) is 43.0. The van der Waals surface area contributed by atoms with Crippen molar-refractivity contribution in [3.8, 4) is 11.3 Å². The molecule has 0 spiro atoms. The molecule has 6 rings (SSSR count). The van der Waals surface area contributed by atoms with Gasteiger partial charge in [0.15, 0.2) is 0 Å². The van der Waals surface area contributed by atoms with Gasteiger partial charge in [0.25, 0.3) is 0 Å². The summed E-state index contributed by atoms with van der Waals surface area (Å²) in [5.41, 5.74) is 17.3. The van der Waals surface area contributed by atoms with Crippen molar-refractivity contribution in [1.29, 1.82) is 0 Å². The molecule has 2 heterocycles. The number of fused-ring (bicyclic) bond motifs is 3. The minimum atomic E-state index is 0.0289. The number of pyridine rings is 1. The molecule has 3 atom stereocenters. The number of nitrogens with two attached hydrogens (primary N) is 1. The highest BCUT2D eigenvalue weighted by Gasteiger charge is 2.31. The van der Waals surface area contributed by atoms with E-state index in [4.69, 9.17) is 15.5 Å². The van der Waals surface area contributed by atoms with Crippen LogP contribution in [-0.2, 0) is 23.1 Å². The quantitative estimate of drug-likeness (QED) is 0.0413. The predicted molar refractivity (Wildman–Crippen MR) is 258 cm³/mol. The van der Waals surface area contributed by atoms with E-state index in [1.54, 1.807) is 0 Å². The molecule has 0 radical (unpaired) electrons. The Morgan fingerprint density at radius 2 is 1.65 bits per heavy atom. The van der Waals surface area contributed by atoms with E-state index < -0.39 is 0 Å². The van der Waals surface area contributed by atoms with Gasteiger partial charge >= 0.3 is 0 Å². The molecular formula is C54H77N5O. The highest BCUT2D eigenvalue weighted by molar-refractivity contribution is 6.12. The Labute approximate surface area is 363 Å². The van der Waals surface area contributed by atoms with Gasteiger partial charge in [-0.2, -0.15) is 0 Å². The maximum Gasteiger partial charge on any atom is 0.0952 e. The van der Waals surface area contributed by atoms with E-state index >= 15 is 0 Å². The third kappa shape index (κ3) is 11.6. The van der Waals surface area contributed by atoms with Crippen molar-refractivity contribution in [1.82, 2.24) is 20.5 Å². The standard InChI is InChI=1S/C54H77N5O/c1-36(2)21-23-56-34-41-15-11-16-42(29-41)52-35-59(26-27-60-52)25-13-14-40(9)28-44-31-49-47-20-19-46(55)32-51(47)58-53(50(49)33-48(44)37(3)4)43-17-12-18-45(30-43)54(10,38(5)6)22-24-57-39(7)8/h11-12,15-20,29-33,36-40,52,56-57H,13-14,21-28,34-35,55H2,1-10H3. The first kappa shape index (κ1) is 45.7. The van der Waals surface area contributed by atoms with E-state index in [-0.39, 0.29) is 11.5 Å². The van der Waals surface area contributed by atoms with Crippen LogP contribution in [0.4, 0.5) is 5.69 Å². The van der Waals surface area contributed by atoms with Crippen LogP contribution in [0.1, 0.15) is 135 Å². The maximum atomic E-state index is 6.41. The third-order valence-electron chi connectivity index (χ3n) is 13.4. The fourth-order valence-electron chi connectivity index (χ4n) is 9.25. The van der Waals surface area contributed by atoms with Crippen LogP contribution >= 0.6 is 0 Å². The van der Waals surface area contributed by atoms with Crippen LogP contribution < -0.4 is 16.4 Å². The second-order valence-electron chi connectivity index (χ2n) is 19.7. The summed E-state index contributed by atoms with van der Waals surface area (Å²) in [6, 6.07) is 30.0. The van der Waals surface area contributed by atoms with Crippen molar-refractivity contribution < 1.29 is 4.74 Å². The van der Waals surface area contributed by atoms with Crippen LogP contribution in [0.25, 0.3) is 32.9 Å². The second kappa shape index (κ2) is 20.8. The van der Waals surface area contributed by atoms with Gasteiger partial charge in [0.05, 0.1) is 23.9 Å². The second-order valence-corrected chi connectivity index (χ2v) is 19.7. The van der Waals surface area contributed by atoms with Crippen molar-refractivity contribution >= 4 is 27.4 Å². The van der Waals surface area contributed by atoms with Gasteiger partial charge in [-0.05, 0) is 138 Å². The predicted octanol–water partition coefficient (Wildman–Crippen LogP) is 12.2. The first-order chi connectivity index (χ1) is 28.7. The molecule has 0 saturated carbocycles. The molecule has 4 N–H and O–H groups in total. The average Bonchev–Trinajstić information content (AvgIpc) is 3.21. The van der Waals surface area contributed by atoms with E-state index in [2.05, 4.69) is 158 Å². The molecule has 1 aliphatic heterocycles. The van der Waals surface area contributed by atoms with E-state index in [1.807, 2.05) is 6.07 Å². The summed E-state index contributed by atoms with van der Waals surface area (Å²) in [5.74, 6) is 2.17. The monoisotopic (exact) mass is 812 g/mol. The number of ether oxygens (including phenoxy) is 1. The van der Waals surface area contributed by atoms with Gasteiger partial charge in [0.2, 0.25) is 0 Å². The highest BCUT2D eigenvalue weighted by Crippen LogP contribution is 2.41.